The molecule has 66 valence electrons. The summed E-state index contributed by atoms with van der Waals surface area (Å²) in [7, 11) is -1.68. The van der Waals surface area contributed by atoms with Crippen LogP contribution in [0.15, 0.2) is 18.2 Å². The van der Waals surface area contributed by atoms with Gasteiger partial charge < -0.3 is 10.0 Å². The molecule has 0 unspecified atom stereocenters. The van der Waals surface area contributed by atoms with E-state index in [0.717, 1.165) is 6.07 Å². The molecule has 3 nitrogen and oxygen atoms in total. The second-order valence-electron chi connectivity index (χ2n) is 2.56. The predicted molar refractivity (Wildman–Crippen MR) is 45.5 cm³/mol. The highest BCUT2D eigenvalue weighted by atomic mass is 19.1. The van der Waals surface area contributed by atoms with Crippen molar-refractivity contribution in [2.24, 2.45) is 0 Å². The summed E-state index contributed by atoms with van der Waals surface area (Å²) >= 11 is 0. The third-order valence-electron chi connectivity index (χ3n) is 1.64. The first-order valence-electron chi connectivity index (χ1n) is 3.66. The minimum Gasteiger partial charge on any atom is -0.423 e. The lowest BCUT2D eigenvalue weighted by atomic mass is 9.80. The minimum atomic E-state index is -1.68. The van der Waals surface area contributed by atoms with Crippen LogP contribution in [0, 0.1) is 17.1 Å². The fourth-order valence-electron chi connectivity index (χ4n) is 0.953. The molecule has 0 spiro atoms. The molecule has 0 aliphatic carbocycles. The summed E-state index contributed by atoms with van der Waals surface area (Å²) in [5, 5.41) is 25.7. The number of nitriles is 1. The van der Waals surface area contributed by atoms with E-state index in [9.17, 15) is 4.39 Å². The average molecular weight is 179 g/mol. The first-order chi connectivity index (χ1) is 6.15. The molecule has 2 N–H and O–H groups in total. The van der Waals surface area contributed by atoms with Gasteiger partial charge in [0.25, 0.3) is 0 Å². The first kappa shape index (κ1) is 9.71. The van der Waals surface area contributed by atoms with Crippen LogP contribution in [0.3, 0.4) is 0 Å². The zero-order chi connectivity index (χ0) is 9.84. The van der Waals surface area contributed by atoms with E-state index in [0.29, 0.717) is 0 Å². The van der Waals surface area contributed by atoms with Crippen molar-refractivity contribution in [1.29, 1.82) is 5.26 Å². The molecule has 0 saturated heterocycles. The van der Waals surface area contributed by atoms with Gasteiger partial charge in [0, 0.05) is 5.56 Å². The van der Waals surface area contributed by atoms with Gasteiger partial charge in [0.2, 0.25) is 0 Å². The van der Waals surface area contributed by atoms with Gasteiger partial charge >= 0.3 is 7.12 Å². The van der Waals surface area contributed by atoms with Crippen molar-refractivity contribution in [3.05, 3.63) is 29.6 Å². The van der Waals surface area contributed by atoms with Crippen molar-refractivity contribution >= 4 is 12.6 Å². The third-order valence-corrected chi connectivity index (χ3v) is 1.64. The van der Waals surface area contributed by atoms with Crippen LogP contribution in [0.5, 0.6) is 0 Å². The molecule has 0 saturated carbocycles. The lowest BCUT2D eigenvalue weighted by molar-refractivity contribution is 0.425. The number of hydrogen-bond acceptors (Lipinski definition) is 3. The van der Waals surface area contributed by atoms with Gasteiger partial charge in [-0.1, -0.05) is 12.1 Å². The highest BCUT2D eigenvalue weighted by Gasteiger charge is 2.12. The normalized spacial score (nSPS) is 9.38. The van der Waals surface area contributed by atoms with Crippen LogP contribution in [0.2, 0.25) is 0 Å². The number of hydrogen-bond donors (Lipinski definition) is 2. The van der Waals surface area contributed by atoms with Crippen LogP contribution in [-0.2, 0) is 6.42 Å². The Bertz CT molecular complexity index is 348. The van der Waals surface area contributed by atoms with Crippen LogP contribution in [0.25, 0.3) is 0 Å². The minimum absolute atomic E-state index is 0.0202. The zero-order valence-corrected chi connectivity index (χ0v) is 6.74. The molecule has 0 bridgehead atoms. The maximum Gasteiger partial charge on any atom is 0.488 e. The molecule has 0 heterocycles. The summed E-state index contributed by atoms with van der Waals surface area (Å²) in [6.07, 6.45) is -0.0202. The summed E-state index contributed by atoms with van der Waals surface area (Å²) in [6.45, 7) is 0. The molecular formula is C8H7BFNO2. The van der Waals surface area contributed by atoms with Crippen LogP contribution in [0.4, 0.5) is 4.39 Å². The van der Waals surface area contributed by atoms with E-state index in [-0.39, 0.29) is 17.4 Å². The van der Waals surface area contributed by atoms with Crippen molar-refractivity contribution in [3.8, 4) is 6.07 Å². The Morgan fingerprint density at radius 1 is 1.46 bits per heavy atom. The number of halogens is 1. The monoisotopic (exact) mass is 179 g/mol. The molecule has 1 aromatic rings. The van der Waals surface area contributed by atoms with Crippen LogP contribution >= 0.6 is 0 Å². The lowest BCUT2D eigenvalue weighted by Gasteiger charge is -2.01. The van der Waals surface area contributed by atoms with Gasteiger partial charge in [0.15, 0.2) is 0 Å². The molecule has 0 amide bonds. The van der Waals surface area contributed by atoms with E-state index < -0.39 is 12.9 Å². The Morgan fingerprint density at radius 3 is 2.62 bits per heavy atom. The molecule has 0 aliphatic rings. The van der Waals surface area contributed by atoms with Gasteiger partial charge in [-0.2, -0.15) is 5.26 Å². The van der Waals surface area contributed by atoms with Crippen molar-refractivity contribution in [2.75, 3.05) is 0 Å². The Balaban J connectivity index is 3.00. The van der Waals surface area contributed by atoms with E-state index in [2.05, 4.69) is 0 Å². The Morgan fingerprint density at radius 2 is 2.15 bits per heavy atom. The van der Waals surface area contributed by atoms with E-state index in [1.165, 1.54) is 12.1 Å². The molecule has 0 atom stereocenters. The number of nitrogens with zero attached hydrogens (tertiary/aromatic N) is 1. The molecule has 1 rings (SSSR count). The number of rotatable bonds is 2. The maximum atomic E-state index is 13.0. The smallest absolute Gasteiger partial charge is 0.423 e. The molecule has 5 heteroatoms. The highest BCUT2D eigenvalue weighted by molar-refractivity contribution is 6.58. The standard InChI is InChI=1S/C8H7BFNO2/c10-8-5-7(9(12)13)2-1-6(8)3-4-11/h1-2,5,12-13H,3H2. The lowest BCUT2D eigenvalue weighted by Crippen LogP contribution is -2.30. The van der Waals surface area contributed by atoms with Gasteiger partial charge in [-0.05, 0) is 11.5 Å². The fraction of sp³-hybridized carbons (Fsp3) is 0.125. The van der Waals surface area contributed by atoms with Crippen molar-refractivity contribution in [3.63, 3.8) is 0 Å². The molecule has 0 fully saturated rings. The largest absolute Gasteiger partial charge is 0.488 e. The molecular weight excluding hydrogens is 172 g/mol. The van der Waals surface area contributed by atoms with Crippen LogP contribution in [-0.4, -0.2) is 17.2 Å². The summed E-state index contributed by atoms with van der Waals surface area (Å²) < 4.78 is 13.0. The third kappa shape index (κ3) is 2.28. The zero-order valence-electron chi connectivity index (χ0n) is 6.74. The molecule has 0 aromatic heterocycles. The van der Waals surface area contributed by atoms with E-state index in [4.69, 9.17) is 15.3 Å². The van der Waals surface area contributed by atoms with Gasteiger partial charge in [-0.25, -0.2) is 4.39 Å². The molecule has 0 aliphatic heterocycles. The maximum absolute atomic E-state index is 13.0. The van der Waals surface area contributed by atoms with E-state index in [1.54, 1.807) is 0 Å². The summed E-state index contributed by atoms with van der Waals surface area (Å²) in [4.78, 5) is 0. The summed E-state index contributed by atoms with van der Waals surface area (Å²) in [5.74, 6) is -0.591. The highest BCUT2D eigenvalue weighted by Crippen LogP contribution is 2.05. The average Bonchev–Trinajstić information content (AvgIpc) is 2.08. The van der Waals surface area contributed by atoms with Crippen molar-refractivity contribution in [2.45, 2.75) is 6.42 Å². The second kappa shape index (κ2) is 4.03. The number of benzene rings is 1. The quantitative estimate of drug-likeness (QED) is 0.605. The summed E-state index contributed by atoms with van der Waals surface area (Å²) in [6, 6.07) is 5.56. The molecule has 13 heavy (non-hydrogen) atoms. The molecule has 1 aromatic carbocycles. The van der Waals surface area contributed by atoms with Gasteiger partial charge in [-0.3, -0.25) is 0 Å². The topological polar surface area (TPSA) is 64.2 Å². The van der Waals surface area contributed by atoms with Crippen LogP contribution in [0.1, 0.15) is 5.56 Å². The summed E-state index contributed by atoms with van der Waals surface area (Å²) in [5.41, 5.74) is 0.339. The van der Waals surface area contributed by atoms with Crippen molar-refractivity contribution in [1.82, 2.24) is 0 Å². The Hall–Kier alpha value is -1.38. The van der Waals surface area contributed by atoms with E-state index >= 15 is 0 Å². The van der Waals surface area contributed by atoms with Gasteiger partial charge in [-0.15, -0.1) is 0 Å². The van der Waals surface area contributed by atoms with Crippen molar-refractivity contribution < 1.29 is 14.4 Å². The second-order valence-corrected chi connectivity index (χ2v) is 2.56. The fourth-order valence-corrected chi connectivity index (χ4v) is 0.953. The predicted octanol–water partition coefficient (Wildman–Crippen LogP) is -0.428. The Kier molecular flexibility index (Phi) is 3.01. The van der Waals surface area contributed by atoms with Gasteiger partial charge in [0.1, 0.15) is 5.82 Å². The Labute approximate surface area is 75.2 Å². The van der Waals surface area contributed by atoms with E-state index in [1.807, 2.05) is 6.07 Å². The first-order valence-corrected chi connectivity index (χ1v) is 3.66. The SMILES string of the molecule is N#CCc1ccc(B(O)O)cc1F. The van der Waals surface area contributed by atoms with Gasteiger partial charge in [0.05, 0.1) is 12.5 Å². The van der Waals surface area contributed by atoms with Crippen LogP contribution < -0.4 is 5.46 Å². The molecule has 0 radical (unpaired) electrons.